The summed E-state index contributed by atoms with van der Waals surface area (Å²) in [5, 5.41) is 19.4. The van der Waals surface area contributed by atoms with E-state index in [-0.39, 0.29) is 25.1 Å². The molecule has 0 fully saturated rings. The maximum absolute atomic E-state index is 9.86. The number of hydrogen-bond acceptors (Lipinski definition) is 5. The van der Waals surface area contributed by atoms with Gasteiger partial charge in [-0.3, -0.25) is 0 Å². The molecule has 2 unspecified atom stereocenters. The lowest BCUT2D eigenvalue weighted by Gasteiger charge is -2.18. The zero-order chi connectivity index (χ0) is 21.3. The molecular weight excluding hydrogens is 453 g/mol. The third-order valence-electron chi connectivity index (χ3n) is 4.65. The van der Waals surface area contributed by atoms with Crippen LogP contribution in [0.3, 0.4) is 0 Å². The number of halogens is 2. The van der Waals surface area contributed by atoms with Gasteiger partial charge in [0.25, 0.3) is 0 Å². The van der Waals surface area contributed by atoms with E-state index in [4.69, 9.17) is 27.2 Å². The molecule has 0 aliphatic carbocycles. The van der Waals surface area contributed by atoms with E-state index in [1.165, 1.54) is 0 Å². The fourth-order valence-corrected chi connectivity index (χ4v) is 4.36. The van der Waals surface area contributed by atoms with Crippen LogP contribution in [0.4, 0.5) is 0 Å². The van der Waals surface area contributed by atoms with Crippen molar-refractivity contribution in [3.63, 3.8) is 0 Å². The van der Waals surface area contributed by atoms with E-state index in [1.54, 1.807) is 11.8 Å². The van der Waals surface area contributed by atoms with Crippen LogP contribution < -0.4 is 10.5 Å². The van der Waals surface area contributed by atoms with Crippen LogP contribution >= 0.6 is 35.8 Å². The van der Waals surface area contributed by atoms with Gasteiger partial charge in [0.1, 0.15) is 12.4 Å². The SMILES string of the molecule is Cl.NC(CC(O)CCO)c1ccc(Sc2cccc(OCc3ccccc3)c2)cc1Cl. The Morgan fingerprint density at radius 2 is 1.71 bits per heavy atom. The zero-order valence-corrected chi connectivity index (χ0v) is 19.4. The van der Waals surface area contributed by atoms with E-state index in [1.807, 2.05) is 72.8 Å². The largest absolute Gasteiger partial charge is 0.489 e. The van der Waals surface area contributed by atoms with Crippen LogP contribution in [0.2, 0.25) is 5.02 Å². The summed E-state index contributed by atoms with van der Waals surface area (Å²) in [7, 11) is 0. The van der Waals surface area contributed by atoms with Crippen molar-refractivity contribution in [3.8, 4) is 5.75 Å². The third-order valence-corrected chi connectivity index (χ3v) is 5.96. The zero-order valence-electron chi connectivity index (χ0n) is 17.0. The van der Waals surface area contributed by atoms with E-state index in [2.05, 4.69) is 0 Å². The second-order valence-electron chi connectivity index (χ2n) is 7.04. The lowest BCUT2D eigenvalue weighted by atomic mass is 10.0. The Labute approximate surface area is 198 Å². The van der Waals surface area contributed by atoms with Gasteiger partial charge in [-0.05, 0) is 54.3 Å². The number of benzene rings is 3. The fraction of sp³-hybridized carbons (Fsp3) is 0.250. The topological polar surface area (TPSA) is 75.7 Å². The van der Waals surface area contributed by atoms with Crippen molar-refractivity contribution < 1.29 is 14.9 Å². The monoisotopic (exact) mass is 479 g/mol. The van der Waals surface area contributed by atoms with Crippen molar-refractivity contribution in [3.05, 3.63) is 88.9 Å². The van der Waals surface area contributed by atoms with Crippen LogP contribution in [0.25, 0.3) is 0 Å². The van der Waals surface area contributed by atoms with E-state index in [0.717, 1.165) is 26.7 Å². The van der Waals surface area contributed by atoms with Crippen LogP contribution in [0.15, 0.2) is 82.6 Å². The first-order valence-corrected chi connectivity index (χ1v) is 11.0. The van der Waals surface area contributed by atoms with Gasteiger partial charge >= 0.3 is 0 Å². The number of nitrogens with two attached hydrogens (primary N) is 1. The molecule has 31 heavy (non-hydrogen) atoms. The van der Waals surface area contributed by atoms with Gasteiger partial charge in [0.15, 0.2) is 0 Å². The smallest absolute Gasteiger partial charge is 0.120 e. The average molecular weight is 480 g/mol. The van der Waals surface area contributed by atoms with Gasteiger partial charge < -0.3 is 20.7 Å². The molecule has 0 amide bonds. The first-order chi connectivity index (χ1) is 14.5. The molecule has 0 aromatic heterocycles. The molecule has 3 aromatic rings. The van der Waals surface area contributed by atoms with Gasteiger partial charge in [0, 0.05) is 27.5 Å². The van der Waals surface area contributed by atoms with Crippen LogP contribution in [0.1, 0.15) is 30.0 Å². The molecule has 2 atom stereocenters. The Morgan fingerprint density at radius 1 is 0.968 bits per heavy atom. The van der Waals surface area contributed by atoms with E-state index in [0.29, 0.717) is 24.5 Å². The molecule has 0 saturated carbocycles. The minimum absolute atomic E-state index is 0. The Balaban J connectivity index is 0.00000341. The molecule has 3 aromatic carbocycles. The first-order valence-electron chi connectivity index (χ1n) is 9.83. The molecule has 0 aliphatic heterocycles. The summed E-state index contributed by atoms with van der Waals surface area (Å²) in [5.74, 6) is 0.812. The van der Waals surface area contributed by atoms with Crippen molar-refractivity contribution >= 4 is 35.8 Å². The van der Waals surface area contributed by atoms with Gasteiger partial charge in [0.2, 0.25) is 0 Å². The van der Waals surface area contributed by atoms with Crippen LogP contribution in [0.5, 0.6) is 5.75 Å². The van der Waals surface area contributed by atoms with Crippen molar-refractivity contribution in [2.75, 3.05) is 6.61 Å². The number of aliphatic hydroxyl groups excluding tert-OH is 2. The lowest BCUT2D eigenvalue weighted by Crippen LogP contribution is -2.20. The summed E-state index contributed by atoms with van der Waals surface area (Å²) in [6.45, 7) is 0.459. The highest BCUT2D eigenvalue weighted by Gasteiger charge is 2.15. The molecule has 0 heterocycles. The molecule has 0 saturated heterocycles. The van der Waals surface area contributed by atoms with Gasteiger partial charge in [-0.1, -0.05) is 65.8 Å². The van der Waals surface area contributed by atoms with Crippen molar-refractivity contribution in [1.82, 2.24) is 0 Å². The molecule has 0 bridgehead atoms. The Kier molecular flexibility index (Phi) is 10.7. The van der Waals surface area contributed by atoms with E-state index in [9.17, 15) is 5.11 Å². The number of rotatable bonds is 10. The van der Waals surface area contributed by atoms with Crippen LogP contribution in [-0.4, -0.2) is 22.9 Å². The molecule has 0 radical (unpaired) electrons. The highest BCUT2D eigenvalue weighted by atomic mass is 35.5. The van der Waals surface area contributed by atoms with Crippen LogP contribution in [0, 0.1) is 0 Å². The molecule has 166 valence electrons. The van der Waals surface area contributed by atoms with Crippen molar-refractivity contribution in [2.24, 2.45) is 5.73 Å². The quantitative estimate of drug-likeness (QED) is 0.351. The Bertz CT molecular complexity index is 943. The molecule has 4 nitrogen and oxygen atoms in total. The molecular formula is C24H27Cl2NO3S. The number of aliphatic hydroxyl groups is 2. The Hall–Kier alpha value is -1.73. The summed E-state index contributed by atoms with van der Waals surface area (Å²) in [6, 6.07) is 23.4. The fourth-order valence-electron chi connectivity index (χ4n) is 3.06. The minimum atomic E-state index is -0.645. The second kappa shape index (κ2) is 13.0. The van der Waals surface area contributed by atoms with Gasteiger partial charge in [0.05, 0.1) is 6.10 Å². The normalized spacial score (nSPS) is 12.6. The molecule has 4 N–H and O–H groups in total. The van der Waals surface area contributed by atoms with Gasteiger partial charge in [-0.15, -0.1) is 12.4 Å². The minimum Gasteiger partial charge on any atom is -0.489 e. The molecule has 7 heteroatoms. The summed E-state index contributed by atoms with van der Waals surface area (Å²) in [4.78, 5) is 2.04. The summed E-state index contributed by atoms with van der Waals surface area (Å²) >= 11 is 8.04. The number of ether oxygens (including phenoxy) is 1. The standard InChI is InChI=1S/C24H26ClNO3S.ClH/c25-23-15-21(9-10-22(23)24(26)13-18(28)11-12-27)30-20-8-4-7-19(14-20)29-16-17-5-2-1-3-6-17;/h1-10,14-15,18,24,27-28H,11-13,16,26H2;1H. The predicted molar refractivity (Wildman–Crippen MR) is 129 cm³/mol. The maximum Gasteiger partial charge on any atom is 0.120 e. The maximum atomic E-state index is 9.86. The van der Waals surface area contributed by atoms with Crippen molar-refractivity contribution in [1.29, 1.82) is 0 Å². The predicted octanol–water partition coefficient (Wildman–Crippen LogP) is 5.63. The number of hydrogen-bond donors (Lipinski definition) is 3. The Morgan fingerprint density at radius 3 is 2.42 bits per heavy atom. The summed E-state index contributed by atoms with van der Waals surface area (Å²) in [5.41, 5.74) is 8.09. The highest BCUT2D eigenvalue weighted by molar-refractivity contribution is 7.99. The van der Waals surface area contributed by atoms with Gasteiger partial charge in [-0.2, -0.15) is 0 Å². The summed E-state index contributed by atoms with van der Waals surface area (Å²) in [6.07, 6.45) is 0.0175. The molecule has 3 rings (SSSR count). The summed E-state index contributed by atoms with van der Waals surface area (Å²) < 4.78 is 5.90. The van der Waals surface area contributed by atoms with Crippen molar-refractivity contribution in [2.45, 2.75) is 41.4 Å². The molecule has 0 spiro atoms. The van der Waals surface area contributed by atoms with E-state index >= 15 is 0 Å². The van der Waals surface area contributed by atoms with Gasteiger partial charge in [-0.25, -0.2) is 0 Å². The second-order valence-corrected chi connectivity index (χ2v) is 8.60. The molecule has 0 aliphatic rings. The van der Waals surface area contributed by atoms with Crippen LogP contribution in [-0.2, 0) is 6.61 Å². The lowest BCUT2D eigenvalue weighted by molar-refractivity contribution is 0.118. The first kappa shape index (κ1) is 25.5. The van der Waals surface area contributed by atoms with E-state index < -0.39 is 6.10 Å². The average Bonchev–Trinajstić information content (AvgIpc) is 2.73. The third kappa shape index (κ3) is 8.04. The highest BCUT2D eigenvalue weighted by Crippen LogP contribution is 2.34.